The number of carbonyl (C=O) groups excluding carboxylic acids is 1. The molecule has 1 saturated heterocycles. The first kappa shape index (κ1) is 21.5. The lowest BCUT2D eigenvalue weighted by molar-refractivity contribution is -0.153. The van der Waals surface area contributed by atoms with Crippen LogP contribution in [0.4, 0.5) is 19.0 Å². The Morgan fingerprint density at radius 1 is 1.32 bits per heavy atom. The molecular weight excluding hydrogens is 411 g/mol. The molecule has 1 aliphatic carbocycles. The first-order chi connectivity index (χ1) is 14.6. The van der Waals surface area contributed by atoms with Crippen LogP contribution in [0.2, 0.25) is 0 Å². The van der Waals surface area contributed by atoms with Crippen molar-refractivity contribution in [3.05, 3.63) is 29.8 Å². The van der Waals surface area contributed by atoms with Gasteiger partial charge < -0.3 is 20.7 Å². The Balaban J connectivity index is 1.59. The molecule has 0 bridgehead atoms. The Morgan fingerprint density at radius 2 is 2.00 bits per heavy atom. The first-order valence-corrected chi connectivity index (χ1v) is 10.2. The average molecular weight is 437 g/mol. The van der Waals surface area contributed by atoms with Crippen molar-refractivity contribution >= 4 is 11.7 Å². The standard InChI is InChI=1S/C21H26F3N5O2/c1-26-19(30)16-17(13-3-5-15(6-4-13)31-12-21(22,23)24)27-29(18(16)25)14-9-20(10-14)7-8-28(2)11-20/h3-6,14H,7-12,25H2,1-2H3,(H,26,30). The first-order valence-electron chi connectivity index (χ1n) is 10.2. The number of aromatic nitrogens is 2. The van der Waals surface area contributed by atoms with Gasteiger partial charge in [-0.1, -0.05) is 0 Å². The fourth-order valence-electron chi connectivity index (χ4n) is 4.76. The molecule has 0 atom stereocenters. The Bertz CT molecular complexity index is 965. The summed E-state index contributed by atoms with van der Waals surface area (Å²) in [4.78, 5) is 14.9. The molecule has 31 heavy (non-hydrogen) atoms. The summed E-state index contributed by atoms with van der Waals surface area (Å²) in [7, 11) is 3.64. The van der Waals surface area contributed by atoms with E-state index in [2.05, 4.69) is 22.4 Å². The molecule has 2 aliphatic rings. The van der Waals surface area contributed by atoms with Crippen LogP contribution in [0.5, 0.6) is 5.75 Å². The van der Waals surface area contributed by atoms with E-state index in [1.807, 2.05) is 0 Å². The monoisotopic (exact) mass is 437 g/mol. The van der Waals surface area contributed by atoms with Gasteiger partial charge in [0.1, 0.15) is 22.8 Å². The van der Waals surface area contributed by atoms with Gasteiger partial charge in [0.15, 0.2) is 6.61 Å². The minimum Gasteiger partial charge on any atom is -0.484 e. The van der Waals surface area contributed by atoms with Crippen molar-refractivity contribution in [3.8, 4) is 17.0 Å². The highest BCUT2D eigenvalue weighted by molar-refractivity contribution is 6.04. The van der Waals surface area contributed by atoms with Crippen molar-refractivity contribution in [1.82, 2.24) is 20.0 Å². The highest BCUT2D eigenvalue weighted by atomic mass is 19.4. The highest BCUT2D eigenvalue weighted by Gasteiger charge is 2.49. The van der Waals surface area contributed by atoms with E-state index in [0.29, 0.717) is 22.5 Å². The normalized spacial score (nSPS) is 23.7. The Hall–Kier alpha value is -2.75. The molecule has 10 heteroatoms. The van der Waals surface area contributed by atoms with Crippen LogP contribution in [0.3, 0.4) is 0 Å². The molecule has 0 unspecified atom stereocenters. The SMILES string of the molecule is CNC(=O)c1c(-c2ccc(OCC(F)(F)F)cc2)nn(C2CC3(CCN(C)C3)C2)c1N. The van der Waals surface area contributed by atoms with Crippen LogP contribution in [-0.4, -0.2) is 60.6 Å². The molecule has 2 aromatic rings. The quantitative estimate of drug-likeness (QED) is 0.751. The lowest BCUT2D eigenvalue weighted by Crippen LogP contribution is -2.41. The number of carbonyl (C=O) groups is 1. The van der Waals surface area contributed by atoms with Gasteiger partial charge in [-0.2, -0.15) is 18.3 Å². The molecule has 1 spiro atoms. The van der Waals surface area contributed by atoms with Gasteiger partial charge >= 0.3 is 6.18 Å². The molecule has 1 aromatic carbocycles. The van der Waals surface area contributed by atoms with Crippen LogP contribution < -0.4 is 15.8 Å². The van der Waals surface area contributed by atoms with Gasteiger partial charge in [0.2, 0.25) is 0 Å². The topological polar surface area (TPSA) is 85.4 Å². The van der Waals surface area contributed by atoms with E-state index in [4.69, 9.17) is 10.5 Å². The second kappa shape index (κ2) is 7.74. The van der Waals surface area contributed by atoms with Gasteiger partial charge in [-0.05, 0) is 62.5 Å². The van der Waals surface area contributed by atoms with E-state index < -0.39 is 12.8 Å². The number of ether oxygens (including phenoxy) is 1. The van der Waals surface area contributed by atoms with E-state index in [0.717, 1.165) is 32.4 Å². The third-order valence-electron chi connectivity index (χ3n) is 6.24. The number of amides is 1. The molecule has 1 saturated carbocycles. The third kappa shape index (κ3) is 4.21. The molecule has 4 rings (SSSR count). The molecule has 2 heterocycles. The molecule has 168 valence electrons. The second-order valence-electron chi connectivity index (χ2n) is 8.61. The number of nitrogens with zero attached hydrogens (tertiary/aromatic N) is 3. The summed E-state index contributed by atoms with van der Waals surface area (Å²) in [5.74, 6) is 0.0324. The minimum atomic E-state index is -4.41. The van der Waals surface area contributed by atoms with Gasteiger partial charge in [0.25, 0.3) is 5.91 Å². The lowest BCUT2D eigenvalue weighted by Gasteiger charge is -2.45. The minimum absolute atomic E-state index is 0.0845. The fraction of sp³-hybridized carbons (Fsp3) is 0.524. The number of nitrogens with two attached hydrogens (primary N) is 1. The van der Waals surface area contributed by atoms with Gasteiger partial charge in [0, 0.05) is 19.2 Å². The van der Waals surface area contributed by atoms with E-state index in [-0.39, 0.29) is 23.3 Å². The van der Waals surface area contributed by atoms with Crippen LogP contribution in [0, 0.1) is 5.41 Å². The average Bonchev–Trinajstić information content (AvgIpc) is 3.25. The van der Waals surface area contributed by atoms with Crippen LogP contribution in [0.15, 0.2) is 24.3 Å². The van der Waals surface area contributed by atoms with Crippen LogP contribution >= 0.6 is 0 Å². The molecule has 1 amide bonds. The predicted molar refractivity (Wildman–Crippen MR) is 110 cm³/mol. The predicted octanol–water partition coefficient (Wildman–Crippen LogP) is 3.09. The largest absolute Gasteiger partial charge is 0.484 e. The number of nitrogens with one attached hydrogen (secondary N) is 1. The van der Waals surface area contributed by atoms with Gasteiger partial charge in [-0.3, -0.25) is 4.79 Å². The van der Waals surface area contributed by atoms with Gasteiger partial charge in [-0.15, -0.1) is 0 Å². The third-order valence-corrected chi connectivity index (χ3v) is 6.24. The number of likely N-dealkylation sites (tertiary alicyclic amines) is 1. The number of halogens is 3. The summed E-state index contributed by atoms with van der Waals surface area (Å²) >= 11 is 0. The lowest BCUT2D eigenvalue weighted by atomic mass is 9.65. The molecule has 1 aromatic heterocycles. The smallest absolute Gasteiger partial charge is 0.422 e. The van der Waals surface area contributed by atoms with Crippen molar-refractivity contribution in [3.63, 3.8) is 0 Å². The number of hydrogen-bond donors (Lipinski definition) is 2. The molecule has 2 fully saturated rings. The fourth-order valence-corrected chi connectivity index (χ4v) is 4.76. The Kier molecular flexibility index (Phi) is 5.36. The molecular formula is C21H26F3N5O2. The van der Waals surface area contributed by atoms with Gasteiger partial charge in [-0.25, -0.2) is 4.68 Å². The number of benzene rings is 1. The number of anilines is 1. The summed E-state index contributed by atoms with van der Waals surface area (Å²) in [6.45, 7) is 0.772. The summed E-state index contributed by atoms with van der Waals surface area (Å²) in [5, 5.41) is 7.25. The summed E-state index contributed by atoms with van der Waals surface area (Å²) < 4.78 is 43.6. The van der Waals surface area contributed by atoms with Crippen molar-refractivity contribution in [2.45, 2.75) is 31.5 Å². The maximum atomic E-state index is 12.5. The number of hydrogen-bond acceptors (Lipinski definition) is 5. The number of nitrogen functional groups attached to an aromatic ring is 1. The van der Waals surface area contributed by atoms with E-state index in [1.54, 1.807) is 16.8 Å². The molecule has 3 N–H and O–H groups in total. The summed E-state index contributed by atoms with van der Waals surface area (Å²) in [6.07, 6.45) is -1.34. The van der Waals surface area contributed by atoms with Crippen LogP contribution in [0.25, 0.3) is 11.3 Å². The van der Waals surface area contributed by atoms with Gasteiger partial charge in [0.05, 0.1) is 6.04 Å². The van der Waals surface area contributed by atoms with E-state index >= 15 is 0 Å². The van der Waals surface area contributed by atoms with Crippen molar-refractivity contribution in [2.75, 3.05) is 39.5 Å². The summed E-state index contributed by atoms with van der Waals surface area (Å²) in [6, 6.07) is 6.14. The van der Waals surface area contributed by atoms with Crippen LogP contribution in [-0.2, 0) is 0 Å². The summed E-state index contributed by atoms with van der Waals surface area (Å²) in [5.41, 5.74) is 7.90. The number of alkyl halides is 3. The van der Waals surface area contributed by atoms with Crippen molar-refractivity contribution in [1.29, 1.82) is 0 Å². The highest BCUT2D eigenvalue weighted by Crippen LogP contribution is 2.54. The van der Waals surface area contributed by atoms with Crippen molar-refractivity contribution in [2.24, 2.45) is 5.41 Å². The zero-order chi connectivity index (χ0) is 22.4. The molecule has 7 nitrogen and oxygen atoms in total. The van der Waals surface area contributed by atoms with Crippen molar-refractivity contribution < 1.29 is 22.7 Å². The molecule has 0 radical (unpaired) electrons. The second-order valence-corrected chi connectivity index (χ2v) is 8.61. The maximum Gasteiger partial charge on any atom is 0.422 e. The zero-order valence-electron chi connectivity index (χ0n) is 17.5. The maximum absolute atomic E-state index is 12.5. The van der Waals surface area contributed by atoms with Crippen LogP contribution in [0.1, 0.15) is 35.7 Å². The molecule has 1 aliphatic heterocycles. The Labute approximate surface area is 178 Å². The zero-order valence-corrected chi connectivity index (χ0v) is 17.5. The Morgan fingerprint density at radius 3 is 2.55 bits per heavy atom. The number of rotatable bonds is 5. The van der Waals surface area contributed by atoms with E-state index in [9.17, 15) is 18.0 Å². The van der Waals surface area contributed by atoms with E-state index in [1.165, 1.54) is 19.2 Å².